The van der Waals surface area contributed by atoms with E-state index in [2.05, 4.69) is 34.5 Å². The van der Waals surface area contributed by atoms with Crippen LogP contribution >= 0.6 is 0 Å². The maximum Gasteiger partial charge on any atom is 0.168 e. The number of piperidine rings is 1. The third-order valence-electron chi connectivity index (χ3n) is 3.72. The summed E-state index contributed by atoms with van der Waals surface area (Å²) >= 11 is 0. The maximum atomic E-state index is 13.7. The Morgan fingerprint density at radius 2 is 2.00 bits per heavy atom. The van der Waals surface area contributed by atoms with Gasteiger partial charge in [0.05, 0.1) is 0 Å². The lowest BCUT2D eigenvalue weighted by Crippen LogP contribution is -2.42. The Bertz CT molecular complexity index is 453. The summed E-state index contributed by atoms with van der Waals surface area (Å²) in [6.07, 6.45) is 1.85. The molecule has 19 heavy (non-hydrogen) atoms. The number of pyridine rings is 1. The van der Waals surface area contributed by atoms with Crippen LogP contribution in [0.2, 0.25) is 0 Å². The molecule has 1 aromatic rings. The Morgan fingerprint density at radius 1 is 1.32 bits per heavy atom. The van der Waals surface area contributed by atoms with Gasteiger partial charge >= 0.3 is 0 Å². The molecule has 0 bridgehead atoms. The largest absolute Gasteiger partial charge is 0.371 e. The Kier molecular flexibility index (Phi) is 4.19. The number of nitrogens with zero attached hydrogens (tertiary/aromatic N) is 2. The second-order valence-electron chi connectivity index (χ2n) is 5.09. The van der Waals surface area contributed by atoms with Crippen LogP contribution in [0.15, 0.2) is 6.07 Å². The fraction of sp³-hybridized carbons (Fsp3) is 0.615. The van der Waals surface area contributed by atoms with Gasteiger partial charge in [-0.15, -0.1) is 0 Å². The molecule has 0 saturated carbocycles. The molecule has 0 spiro atoms. The van der Waals surface area contributed by atoms with Crippen molar-refractivity contribution in [2.24, 2.45) is 0 Å². The van der Waals surface area contributed by atoms with Crippen LogP contribution < -0.4 is 10.6 Å². The zero-order valence-electron chi connectivity index (χ0n) is 11.5. The number of hydrogen-bond donors (Lipinski definition) is 2. The van der Waals surface area contributed by atoms with Crippen molar-refractivity contribution in [1.82, 2.24) is 9.88 Å². The molecule has 2 unspecified atom stereocenters. The van der Waals surface area contributed by atoms with Gasteiger partial charge in [0, 0.05) is 31.7 Å². The standard InChI is InChI=1S/C13H20F2N4/c1-8-6-9(4-5-19(8)3)17-13-11(15)7-10(14)12(16-2)18-13/h7-9H,4-6H2,1-3H3,(H2,16,17,18). The third kappa shape index (κ3) is 3.12. The van der Waals surface area contributed by atoms with Gasteiger partial charge in [-0.2, -0.15) is 0 Å². The zero-order chi connectivity index (χ0) is 14.0. The van der Waals surface area contributed by atoms with Gasteiger partial charge in [0.1, 0.15) is 0 Å². The Morgan fingerprint density at radius 3 is 2.63 bits per heavy atom. The van der Waals surface area contributed by atoms with Crippen LogP contribution in [-0.2, 0) is 0 Å². The summed E-state index contributed by atoms with van der Waals surface area (Å²) in [6.45, 7) is 3.10. The van der Waals surface area contributed by atoms with Crippen molar-refractivity contribution in [1.29, 1.82) is 0 Å². The second-order valence-corrected chi connectivity index (χ2v) is 5.09. The number of rotatable bonds is 3. The highest BCUT2D eigenvalue weighted by Gasteiger charge is 2.24. The highest BCUT2D eigenvalue weighted by atomic mass is 19.1. The fourth-order valence-electron chi connectivity index (χ4n) is 2.36. The van der Waals surface area contributed by atoms with Gasteiger partial charge in [0.15, 0.2) is 23.3 Å². The molecule has 106 valence electrons. The van der Waals surface area contributed by atoms with Gasteiger partial charge in [0.25, 0.3) is 0 Å². The van der Waals surface area contributed by atoms with Crippen molar-refractivity contribution in [2.45, 2.75) is 31.8 Å². The number of aromatic nitrogens is 1. The van der Waals surface area contributed by atoms with Gasteiger partial charge in [0.2, 0.25) is 0 Å². The minimum absolute atomic E-state index is 0.0601. The van der Waals surface area contributed by atoms with E-state index in [0.717, 1.165) is 25.5 Å². The topological polar surface area (TPSA) is 40.2 Å². The smallest absolute Gasteiger partial charge is 0.168 e. The number of likely N-dealkylation sites (tertiary alicyclic amines) is 1. The monoisotopic (exact) mass is 270 g/mol. The minimum Gasteiger partial charge on any atom is -0.371 e. The molecule has 1 aliphatic rings. The predicted molar refractivity (Wildman–Crippen MR) is 72.4 cm³/mol. The van der Waals surface area contributed by atoms with Crippen LogP contribution in [0.5, 0.6) is 0 Å². The van der Waals surface area contributed by atoms with Crippen molar-refractivity contribution < 1.29 is 8.78 Å². The fourth-order valence-corrected chi connectivity index (χ4v) is 2.36. The van der Waals surface area contributed by atoms with Crippen molar-refractivity contribution >= 4 is 11.6 Å². The van der Waals surface area contributed by atoms with Crippen LogP contribution in [-0.4, -0.2) is 42.6 Å². The molecule has 1 aromatic heterocycles. The Hall–Kier alpha value is -1.43. The molecule has 2 N–H and O–H groups in total. The first-order valence-electron chi connectivity index (χ1n) is 6.51. The summed E-state index contributed by atoms with van der Waals surface area (Å²) in [5, 5.41) is 5.70. The first-order valence-corrected chi connectivity index (χ1v) is 6.51. The van der Waals surface area contributed by atoms with E-state index in [1.54, 1.807) is 7.05 Å². The lowest BCUT2D eigenvalue weighted by Gasteiger charge is -2.35. The summed E-state index contributed by atoms with van der Waals surface area (Å²) in [6, 6.07) is 1.47. The van der Waals surface area contributed by atoms with Crippen molar-refractivity contribution in [3.05, 3.63) is 17.7 Å². The summed E-state index contributed by atoms with van der Waals surface area (Å²) in [4.78, 5) is 6.21. The predicted octanol–water partition coefficient (Wildman–Crippen LogP) is 2.30. The van der Waals surface area contributed by atoms with E-state index >= 15 is 0 Å². The summed E-state index contributed by atoms with van der Waals surface area (Å²) in [7, 11) is 3.64. The average Bonchev–Trinajstić information content (AvgIpc) is 2.37. The lowest BCUT2D eigenvalue weighted by molar-refractivity contribution is 0.190. The molecule has 0 amide bonds. The Labute approximate surface area is 112 Å². The van der Waals surface area contributed by atoms with Crippen LogP contribution in [0.1, 0.15) is 19.8 Å². The van der Waals surface area contributed by atoms with E-state index in [-0.39, 0.29) is 17.7 Å². The number of anilines is 2. The quantitative estimate of drug-likeness (QED) is 0.884. The first-order chi connectivity index (χ1) is 9.01. The molecule has 2 heterocycles. The molecule has 1 fully saturated rings. The van der Waals surface area contributed by atoms with Crippen LogP contribution in [0.4, 0.5) is 20.4 Å². The third-order valence-corrected chi connectivity index (χ3v) is 3.72. The molecule has 4 nitrogen and oxygen atoms in total. The normalized spacial score (nSPS) is 24.3. The molecule has 1 aliphatic heterocycles. The van der Waals surface area contributed by atoms with Crippen LogP contribution in [0.3, 0.4) is 0 Å². The maximum absolute atomic E-state index is 13.7. The van der Waals surface area contributed by atoms with E-state index in [1.807, 2.05) is 0 Å². The van der Waals surface area contributed by atoms with Crippen LogP contribution in [0.25, 0.3) is 0 Å². The van der Waals surface area contributed by atoms with E-state index in [9.17, 15) is 8.78 Å². The molecule has 0 aromatic carbocycles. The van der Waals surface area contributed by atoms with Crippen molar-refractivity contribution in [3.8, 4) is 0 Å². The van der Waals surface area contributed by atoms with E-state index in [1.165, 1.54) is 0 Å². The number of nitrogens with one attached hydrogen (secondary N) is 2. The molecule has 6 heteroatoms. The first kappa shape index (κ1) is 14.0. The van der Waals surface area contributed by atoms with Gasteiger partial charge in [-0.1, -0.05) is 0 Å². The highest BCUT2D eigenvalue weighted by molar-refractivity contribution is 5.47. The zero-order valence-corrected chi connectivity index (χ0v) is 11.5. The van der Waals surface area contributed by atoms with Gasteiger partial charge in [-0.3, -0.25) is 0 Å². The molecule has 2 rings (SSSR count). The van der Waals surface area contributed by atoms with E-state index in [4.69, 9.17) is 0 Å². The number of hydrogen-bond acceptors (Lipinski definition) is 4. The molecule has 1 saturated heterocycles. The van der Waals surface area contributed by atoms with E-state index in [0.29, 0.717) is 6.04 Å². The molecule has 0 aliphatic carbocycles. The average molecular weight is 270 g/mol. The van der Waals surface area contributed by atoms with E-state index < -0.39 is 11.6 Å². The number of halogens is 2. The van der Waals surface area contributed by atoms with Gasteiger partial charge in [-0.05, 0) is 26.8 Å². The van der Waals surface area contributed by atoms with Gasteiger partial charge < -0.3 is 15.5 Å². The second kappa shape index (κ2) is 5.69. The van der Waals surface area contributed by atoms with Crippen molar-refractivity contribution in [2.75, 3.05) is 31.3 Å². The lowest BCUT2D eigenvalue weighted by atomic mass is 9.99. The summed E-state index contributed by atoms with van der Waals surface area (Å²) in [5.41, 5.74) is 0. The molecular formula is C13H20F2N4. The van der Waals surface area contributed by atoms with Crippen LogP contribution in [0, 0.1) is 11.6 Å². The van der Waals surface area contributed by atoms with Gasteiger partial charge in [-0.25, -0.2) is 13.8 Å². The highest BCUT2D eigenvalue weighted by Crippen LogP contribution is 2.23. The SMILES string of the molecule is CNc1nc(NC2CCN(C)C(C)C2)c(F)cc1F. The molecular weight excluding hydrogens is 250 g/mol. The summed E-state index contributed by atoms with van der Waals surface area (Å²) < 4.78 is 27.0. The minimum atomic E-state index is -0.678. The molecule has 2 atom stereocenters. The van der Waals surface area contributed by atoms with Crippen molar-refractivity contribution in [3.63, 3.8) is 0 Å². The summed E-state index contributed by atoms with van der Waals surface area (Å²) in [5.74, 6) is -1.15. The Balaban J connectivity index is 2.11. The molecule has 0 radical (unpaired) electrons.